The Morgan fingerprint density at radius 1 is 1.00 bits per heavy atom. The third kappa shape index (κ3) is 4.11. The second-order valence-electron chi connectivity index (χ2n) is 7.86. The van der Waals surface area contributed by atoms with Gasteiger partial charge in [0.15, 0.2) is 5.42 Å². The van der Waals surface area contributed by atoms with E-state index in [1.807, 2.05) is 48.5 Å². The van der Waals surface area contributed by atoms with Gasteiger partial charge in [0.25, 0.3) is 11.5 Å². The number of allylic oxidation sites excluding steroid dienone is 1. The van der Waals surface area contributed by atoms with Gasteiger partial charge in [-0.3, -0.25) is 9.59 Å². The first-order chi connectivity index (χ1) is 16.5. The molecule has 7 heteroatoms. The fourth-order valence-electron chi connectivity index (χ4n) is 3.99. The van der Waals surface area contributed by atoms with Crippen molar-refractivity contribution in [1.29, 1.82) is 0 Å². The van der Waals surface area contributed by atoms with Crippen LogP contribution in [0, 0.1) is 0 Å². The van der Waals surface area contributed by atoms with E-state index >= 15 is 0 Å². The minimum absolute atomic E-state index is 0.125. The first kappa shape index (κ1) is 21.7. The SMILES string of the molecule is CC1=C(C(=O)Nc2ccccc2)C(c2ccccc2)n2c(o/c(=C\c3ccc(Cl)cc3)c2=O)=N1. The van der Waals surface area contributed by atoms with Crippen molar-refractivity contribution in [3.05, 3.63) is 134 Å². The number of carbonyl (C=O) groups excluding carboxylic acids is 1. The fourth-order valence-corrected chi connectivity index (χ4v) is 4.12. The summed E-state index contributed by atoms with van der Waals surface area (Å²) < 4.78 is 7.30. The molecule has 34 heavy (non-hydrogen) atoms. The van der Waals surface area contributed by atoms with Gasteiger partial charge in [-0.1, -0.05) is 72.3 Å². The van der Waals surface area contributed by atoms with Crippen LogP contribution in [0.4, 0.5) is 5.69 Å². The number of fused-ring (bicyclic) bond motifs is 1. The Bertz CT molecular complexity index is 1570. The summed E-state index contributed by atoms with van der Waals surface area (Å²) in [6.07, 6.45) is 1.64. The number of nitrogens with zero attached hydrogens (tertiary/aromatic N) is 2. The molecule has 0 bridgehead atoms. The molecule has 4 aromatic rings. The zero-order valence-electron chi connectivity index (χ0n) is 18.2. The Morgan fingerprint density at radius 3 is 2.32 bits per heavy atom. The van der Waals surface area contributed by atoms with Crippen molar-refractivity contribution in [1.82, 2.24) is 4.57 Å². The molecule has 1 aromatic heterocycles. The molecule has 1 amide bonds. The van der Waals surface area contributed by atoms with Crippen molar-refractivity contribution in [2.45, 2.75) is 13.0 Å². The Kier molecular flexibility index (Phi) is 5.74. The van der Waals surface area contributed by atoms with Crippen LogP contribution >= 0.6 is 11.6 Å². The van der Waals surface area contributed by atoms with Crippen LogP contribution in [0.1, 0.15) is 24.1 Å². The quantitative estimate of drug-likeness (QED) is 0.489. The summed E-state index contributed by atoms with van der Waals surface area (Å²) >= 11 is 5.97. The predicted octanol–water partition coefficient (Wildman–Crippen LogP) is 4.06. The van der Waals surface area contributed by atoms with E-state index in [1.165, 1.54) is 4.57 Å². The second kappa shape index (κ2) is 9.00. The van der Waals surface area contributed by atoms with E-state index in [-0.39, 0.29) is 22.6 Å². The lowest BCUT2D eigenvalue weighted by Gasteiger charge is -2.24. The van der Waals surface area contributed by atoms with Gasteiger partial charge in [-0.05, 0) is 48.4 Å². The van der Waals surface area contributed by atoms with Gasteiger partial charge in [0.1, 0.15) is 0 Å². The lowest BCUT2D eigenvalue weighted by molar-refractivity contribution is -0.113. The van der Waals surface area contributed by atoms with Crippen LogP contribution in [0.5, 0.6) is 0 Å². The van der Waals surface area contributed by atoms with Gasteiger partial charge in [-0.25, -0.2) is 9.56 Å². The zero-order valence-corrected chi connectivity index (χ0v) is 19.0. The van der Waals surface area contributed by atoms with E-state index in [2.05, 4.69) is 10.3 Å². The van der Waals surface area contributed by atoms with Gasteiger partial charge >= 0.3 is 5.68 Å². The maximum Gasteiger partial charge on any atom is 0.306 e. The van der Waals surface area contributed by atoms with Gasteiger partial charge in [0.2, 0.25) is 0 Å². The lowest BCUT2D eigenvalue weighted by Crippen LogP contribution is -2.40. The van der Waals surface area contributed by atoms with E-state index in [0.717, 1.165) is 11.1 Å². The molecule has 0 aliphatic carbocycles. The average Bonchev–Trinajstić information content (AvgIpc) is 3.15. The Morgan fingerprint density at radius 2 is 1.65 bits per heavy atom. The van der Waals surface area contributed by atoms with E-state index in [4.69, 9.17) is 16.0 Å². The summed E-state index contributed by atoms with van der Waals surface area (Å²) in [4.78, 5) is 31.4. The Hall–Kier alpha value is -4.16. The number of halogens is 1. The minimum Gasteiger partial charge on any atom is -0.419 e. The fraction of sp³-hybridized carbons (Fsp3) is 0.0741. The van der Waals surface area contributed by atoms with Crippen LogP contribution in [-0.2, 0) is 4.79 Å². The molecule has 0 fully saturated rings. The number of hydrogen-bond donors (Lipinski definition) is 1. The maximum absolute atomic E-state index is 13.5. The number of oxazole rings is 1. The summed E-state index contributed by atoms with van der Waals surface area (Å²) in [5.74, 6) is -0.330. The summed E-state index contributed by atoms with van der Waals surface area (Å²) in [6, 6.07) is 24.9. The topological polar surface area (TPSA) is 76.6 Å². The summed E-state index contributed by atoms with van der Waals surface area (Å²) in [5, 5.41) is 3.52. The highest BCUT2D eigenvalue weighted by Gasteiger charge is 2.33. The number of aromatic nitrogens is 1. The number of carbonyl (C=O) groups is 1. The Balaban J connectivity index is 1.66. The molecule has 0 saturated heterocycles. The van der Waals surface area contributed by atoms with Gasteiger partial charge in [-0.15, -0.1) is 0 Å². The standard InChI is InChI=1S/C27H20ClN3O3/c1-17-23(25(32)30-21-10-6-3-7-11-21)24(19-8-4-2-5-9-19)31-26(33)22(34-27(31)29-17)16-18-12-14-20(28)15-13-18/h2-16,24H,1H3,(H,30,32)/b22-16-. The molecule has 1 unspecified atom stereocenters. The number of nitrogens with one attached hydrogen (secondary N) is 1. The molecule has 0 spiro atoms. The number of anilines is 1. The molecule has 0 saturated carbocycles. The smallest absolute Gasteiger partial charge is 0.306 e. The van der Waals surface area contributed by atoms with Crippen LogP contribution in [0.25, 0.3) is 6.08 Å². The first-order valence-corrected chi connectivity index (χ1v) is 11.1. The van der Waals surface area contributed by atoms with Gasteiger partial charge in [0.05, 0.1) is 17.3 Å². The van der Waals surface area contributed by atoms with E-state index in [1.54, 1.807) is 49.4 Å². The highest BCUT2D eigenvalue weighted by molar-refractivity contribution is 6.30. The number of hydrogen-bond acceptors (Lipinski definition) is 4. The molecule has 2 heterocycles. The summed E-state index contributed by atoms with van der Waals surface area (Å²) in [6.45, 7) is 1.74. The summed E-state index contributed by atoms with van der Waals surface area (Å²) in [7, 11) is 0. The number of rotatable bonds is 4. The van der Waals surface area contributed by atoms with E-state index in [9.17, 15) is 9.59 Å². The molecule has 6 nitrogen and oxygen atoms in total. The van der Waals surface area contributed by atoms with Crippen LogP contribution in [0.15, 0.2) is 110 Å². The van der Waals surface area contributed by atoms with Crippen molar-refractivity contribution in [2.75, 3.05) is 5.32 Å². The number of para-hydroxylation sites is 1. The zero-order chi connectivity index (χ0) is 23.7. The molecular weight excluding hydrogens is 450 g/mol. The van der Waals surface area contributed by atoms with Crippen LogP contribution in [-0.4, -0.2) is 10.5 Å². The van der Waals surface area contributed by atoms with Crippen molar-refractivity contribution >= 4 is 29.3 Å². The number of amides is 1. The highest BCUT2D eigenvalue weighted by Crippen LogP contribution is 2.30. The van der Waals surface area contributed by atoms with Crippen molar-refractivity contribution < 1.29 is 9.21 Å². The van der Waals surface area contributed by atoms with Crippen molar-refractivity contribution in [3.8, 4) is 0 Å². The lowest BCUT2D eigenvalue weighted by atomic mass is 9.95. The second-order valence-corrected chi connectivity index (χ2v) is 8.30. The first-order valence-electron chi connectivity index (χ1n) is 10.7. The summed E-state index contributed by atoms with van der Waals surface area (Å²) in [5.41, 5.74) is 2.94. The van der Waals surface area contributed by atoms with Crippen LogP contribution in [0.3, 0.4) is 0 Å². The molecule has 3 aromatic carbocycles. The van der Waals surface area contributed by atoms with Gasteiger partial charge < -0.3 is 9.73 Å². The average molecular weight is 470 g/mol. The molecule has 0 radical (unpaired) electrons. The van der Waals surface area contributed by atoms with Crippen LogP contribution < -0.4 is 22.0 Å². The van der Waals surface area contributed by atoms with Gasteiger partial charge in [-0.2, -0.15) is 0 Å². The van der Waals surface area contributed by atoms with E-state index in [0.29, 0.717) is 22.0 Å². The third-order valence-corrected chi connectivity index (χ3v) is 5.83. The molecule has 168 valence electrons. The third-order valence-electron chi connectivity index (χ3n) is 5.58. The number of benzene rings is 3. The van der Waals surface area contributed by atoms with Crippen molar-refractivity contribution in [3.63, 3.8) is 0 Å². The predicted molar refractivity (Wildman–Crippen MR) is 131 cm³/mol. The molecule has 1 atom stereocenters. The molecule has 1 N–H and O–H groups in total. The van der Waals surface area contributed by atoms with Crippen LogP contribution in [0.2, 0.25) is 5.02 Å². The van der Waals surface area contributed by atoms with E-state index < -0.39 is 6.04 Å². The molecule has 1 aliphatic rings. The molecular formula is C27H20ClN3O3. The Labute approximate surface area is 200 Å². The van der Waals surface area contributed by atoms with Gasteiger partial charge in [0, 0.05) is 10.7 Å². The molecule has 1 aliphatic heterocycles. The minimum atomic E-state index is -0.693. The largest absolute Gasteiger partial charge is 0.419 e. The highest BCUT2D eigenvalue weighted by atomic mass is 35.5. The normalized spacial score (nSPS) is 15.6. The molecule has 5 rings (SSSR count). The maximum atomic E-state index is 13.5. The monoisotopic (exact) mass is 469 g/mol. The van der Waals surface area contributed by atoms with Crippen molar-refractivity contribution in [2.24, 2.45) is 4.99 Å².